The molecule has 0 bridgehead atoms. The molecular formula is C45H28N2O2. The Morgan fingerprint density at radius 1 is 0.367 bits per heavy atom. The van der Waals surface area contributed by atoms with Crippen LogP contribution in [0.4, 0.5) is 17.1 Å². The van der Waals surface area contributed by atoms with Crippen molar-refractivity contribution in [1.29, 1.82) is 0 Å². The second-order valence-corrected chi connectivity index (χ2v) is 12.4. The van der Waals surface area contributed by atoms with Crippen LogP contribution in [0.2, 0.25) is 0 Å². The minimum absolute atomic E-state index is 0.613. The maximum absolute atomic E-state index is 6.63. The van der Waals surface area contributed by atoms with Crippen LogP contribution in [-0.4, -0.2) is 4.98 Å². The fraction of sp³-hybridized carbons (Fsp3) is 0. The van der Waals surface area contributed by atoms with Crippen LogP contribution in [0.3, 0.4) is 0 Å². The van der Waals surface area contributed by atoms with Gasteiger partial charge in [0.1, 0.15) is 16.7 Å². The molecule has 230 valence electrons. The van der Waals surface area contributed by atoms with Crippen molar-refractivity contribution in [2.24, 2.45) is 0 Å². The van der Waals surface area contributed by atoms with Gasteiger partial charge in [0.05, 0.1) is 0 Å². The molecule has 0 unspecified atom stereocenters. The Labute approximate surface area is 282 Å². The molecule has 10 rings (SSSR count). The van der Waals surface area contributed by atoms with E-state index in [9.17, 15) is 0 Å². The van der Waals surface area contributed by atoms with Crippen LogP contribution < -0.4 is 4.90 Å². The van der Waals surface area contributed by atoms with E-state index in [2.05, 4.69) is 126 Å². The molecule has 2 aromatic heterocycles. The van der Waals surface area contributed by atoms with Gasteiger partial charge in [-0.05, 0) is 76.5 Å². The minimum Gasteiger partial charge on any atom is -0.456 e. The van der Waals surface area contributed by atoms with Crippen molar-refractivity contribution in [3.63, 3.8) is 0 Å². The second-order valence-electron chi connectivity index (χ2n) is 12.4. The first-order chi connectivity index (χ1) is 24.3. The zero-order valence-electron chi connectivity index (χ0n) is 26.4. The number of oxazole rings is 1. The van der Waals surface area contributed by atoms with Gasteiger partial charge in [-0.25, -0.2) is 4.98 Å². The predicted molar refractivity (Wildman–Crippen MR) is 202 cm³/mol. The van der Waals surface area contributed by atoms with Crippen molar-refractivity contribution in [2.75, 3.05) is 4.90 Å². The van der Waals surface area contributed by atoms with E-state index in [0.717, 1.165) is 77.2 Å². The highest BCUT2D eigenvalue weighted by molar-refractivity contribution is 6.23. The third kappa shape index (κ3) is 4.49. The van der Waals surface area contributed by atoms with Crippen LogP contribution in [0.25, 0.3) is 77.2 Å². The van der Waals surface area contributed by atoms with E-state index in [1.54, 1.807) is 0 Å². The van der Waals surface area contributed by atoms with Gasteiger partial charge >= 0.3 is 0 Å². The molecular weight excluding hydrogens is 601 g/mol. The number of nitrogens with zero attached hydrogens (tertiary/aromatic N) is 2. The number of rotatable bonds is 5. The molecule has 0 aliphatic heterocycles. The molecule has 0 N–H and O–H groups in total. The van der Waals surface area contributed by atoms with E-state index >= 15 is 0 Å². The smallest absolute Gasteiger partial charge is 0.227 e. The number of benzene rings is 8. The Bertz CT molecular complexity index is 2820. The summed E-state index contributed by atoms with van der Waals surface area (Å²) in [5.41, 5.74) is 9.71. The van der Waals surface area contributed by atoms with E-state index in [1.165, 1.54) is 11.1 Å². The number of para-hydroxylation sites is 1. The highest BCUT2D eigenvalue weighted by atomic mass is 16.3. The normalized spacial score (nSPS) is 11.7. The van der Waals surface area contributed by atoms with Crippen LogP contribution in [0, 0.1) is 0 Å². The van der Waals surface area contributed by atoms with Gasteiger partial charge in [0.25, 0.3) is 0 Å². The fourth-order valence-corrected chi connectivity index (χ4v) is 7.14. The summed E-state index contributed by atoms with van der Waals surface area (Å²) in [7, 11) is 0. The van der Waals surface area contributed by atoms with E-state index < -0.39 is 0 Å². The molecule has 0 aliphatic carbocycles. The van der Waals surface area contributed by atoms with Gasteiger partial charge in [0.15, 0.2) is 5.58 Å². The summed E-state index contributed by atoms with van der Waals surface area (Å²) in [5.74, 6) is 0.613. The molecule has 2 heterocycles. The lowest BCUT2D eigenvalue weighted by Crippen LogP contribution is -2.09. The van der Waals surface area contributed by atoms with Crippen molar-refractivity contribution < 1.29 is 8.83 Å². The topological polar surface area (TPSA) is 42.4 Å². The van der Waals surface area contributed by atoms with Crippen molar-refractivity contribution in [1.82, 2.24) is 4.98 Å². The van der Waals surface area contributed by atoms with Crippen molar-refractivity contribution in [3.8, 4) is 22.6 Å². The van der Waals surface area contributed by atoms with Gasteiger partial charge in [0.2, 0.25) is 5.89 Å². The average molecular weight is 629 g/mol. The number of furan rings is 1. The quantitative estimate of drug-likeness (QED) is 0.178. The fourth-order valence-electron chi connectivity index (χ4n) is 7.14. The number of hydrogen-bond acceptors (Lipinski definition) is 4. The molecule has 0 aliphatic rings. The molecule has 0 saturated carbocycles. The monoisotopic (exact) mass is 628 g/mol. The van der Waals surface area contributed by atoms with Gasteiger partial charge in [-0.1, -0.05) is 109 Å². The van der Waals surface area contributed by atoms with Crippen molar-refractivity contribution in [2.45, 2.75) is 0 Å². The minimum atomic E-state index is 0.613. The summed E-state index contributed by atoms with van der Waals surface area (Å²) in [6.45, 7) is 0. The summed E-state index contributed by atoms with van der Waals surface area (Å²) in [6.07, 6.45) is 0. The van der Waals surface area contributed by atoms with Gasteiger partial charge < -0.3 is 13.7 Å². The Morgan fingerprint density at radius 2 is 0.918 bits per heavy atom. The first kappa shape index (κ1) is 27.5. The molecule has 10 aromatic rings. The standard InChI is InChI=1S/C45H28N2O2/c1-3-11-29(12-4-1)30-19-21-32(22-20-30)47(34-24-26-38-37-16-9-10-18-41(37)48-42(38)28-34)33-23-25-36-35-15-7-8-17-39(35)43-44(40(36)27-33)49-45(46-43)31-13-5-2-6-14-31/h1-28H. The summed E-state index contributed by atoms with van der Waals surface area (Å²) >= 11 is 0. The molecule has 0 saturated heterocycles. The molecule has 0 amide bonds. The Balaban J connectivity index is 1.20. The number of hydrogen-bond donors (Lipinski definition) is 0. The van der Waals surface area contributed by atoms with E-state index in [0.29, 0.717) is 5.89 Å². The maximum atomic E-state index is 6.63. The average Bonchev–Trinajstić information content (AvgIpc) is 3.79. The highest BCUT2D eigenvalue weighted by Gasteiger charge is 2.20. The third-order valence-corrected chi connectivity index (χ3v) is 9.48. The molecule has 49 heavy (non-hydrogen) atoms. The van der Waals surface area contributed by atoms with Crippen LogP contribution in [-0.2, 0) is 0 Å². The molecule has 0 spiro atoms. The Hall–Kier alpha value is -6.65. The molecule has 4 nitrogen and oxygen atoms in total. The predicted octanol–water partition coefficient (Wildman–Crippen LogP) is 12.8. The SMILES string of the molecule is c1ccc(-c2ccc(N(c3ccc4c(c3)oc3ccccc34)c3ccc4c5ccccc5c5nc(-c6ccccc6)oc5c4c3)cc2)cc1. The van der Waals surface area contributed by atoms with Crippen LogP contribution in [0.1, 0.15) is 0 Å². The largest absolute Gasteiger partial charge is 0.456 e. The molecule has 4 heteroatoms. The van der Waals surface area contributed by atoms with Crippen LogP contribution >= 0.6 is 0 Å². The highest BCUT2D eigenvalue weighted by Crippen LogP contribution is 2.43. The zero-order chi connectivity index (χ0) is 32.3. The van der Waals surface area contributed by atoms with Crippen LogP contribution in [0.15, 0.2) is 179 Å². The lowest BCUT2D eigenvalue weighted by atomic mass is 9.99. The molecule has 0 fully saturated rings. The lowest BCUT2D eigenvalue weighted by molar-refractivity contribution is 0.623. The van der Waals surface area contributed by atoms with E-state index in [4.69, 9.17) is 13.8 Å². The zero-order valence-corrected chi connectivity index (χ0v) is 26.4. The van der Waals surface area contributed by atoms with E-state index in [-0.39, 0.29) is 0 Å². The van der Waals surface area contributed by atoms with Gasteiger partial charge in [-0.3, -0.25) is 0 Å². The van der Waals surface area contributed by atoms with Gasteiger partial charge in [-0.15, -0.1) is 0 Å². The van der Waals surface area contributed by atoms with E-state index in [1.807, 2.05) is 48.5 Å². The summed E-state index contributed by atoms with van der Waals surface area (Å²) in [4.78, 5) is 7.34. The van der Waals surface area contributed by atoms with Gasteiger partial charge in [0, 0.05) is 50.2 Å². The molecule has 0 atom stereocenters. The Morgan fingerprint density at radius 3 is 1.69 bits per heavy atom. The first-order valence-corrected chi connectivity index (χ1v) is 16.5. The number of fused-ring (bicyclic) bond motifs is 9. The maximum Gasteiger partial charge on any atom is 0.227 e. The molecule has 8 aromatic carbocycles. The second kappa shape index (κ2) is 11.0. The summed E-state index contributed by atoms with van der Waals surface area (Å²) in [6, 6.07) is 59.1. The lowest BCUT2D eigenvalue weighted by Gasteiger charge is -2.26. The number of aromatic nitrogens is 1. The van der Waals surface area contributed by atoms with Gasteiger partial charge in [-0.2, -0.15) is 0 Å². The Kier molecular flexibility index (Phi) is 6.15. The third-order valence-electron chi connectivity index (χ3n) is 9.48. The van der Waals surface area contributed by atoms with Crippen LogP contribution in [0.5, 0.6) is 0 Å². The van der Waals surface area contributed by atoms with Crippen molar-refractivity contribution >= 4 is 71.6 Å². The van der Waals surface area contributed by atoms with Crippen molar-refractivity contribution in [3.05, 3.63) is 170 Å². The summed E-state index contributed by atoms with van der Waals surface area (Å²) in [5, 5.41) is 6.56. The first-order valence-electron chi connectivity index (χ1n) is 16.5. The number of anilines is 3. The molecule has 0 radical (unpaired) electrons. The summed E-state index contributed by atoms with van der Waals surface area (Å²) < 4.78 is 13.0.